The van der Waals surface area contributed by atoms with Gasteiger partial charge >= 0.3 is 0 Å². The van der Waals surface area contributed by atoms with E-state index in [4.69, 9.17) is 20.8 Å². The van der Waals surface area contributed by atoms with E-state index in [-0.39, 0.29) is 16.9 Å². The SMILES string of the molecule is COc1cccc(-c2c(NC(=O)c3ccc(Cl)cc3)oc3ccccc3c2=O)c1. The molecule has 0 saturated carbocycles. The number of ether oxygens (including phenoxy) is 1. The van der Waals surface area contributed by atoms with Gasteiger partial charge in [0.1, 0.15) is 11.3 Å². The van der Waals surface area contributed by atoms with Gasteiger partial charge in [0.05, 0.1) is 18.1 Å². The van der Waals surface area contributed by atoms with Gasteiger partial charge in [-0.2, -0.15) is 0 Å². The van der Waals surface area contributed by atoms with Gasteiger partial charge in [0, 0.05) is 10.6 Å². The van der Waals surface area contributed by atoms with E-state index >= 15 is 0 Å². The third-order valence-electron chi connectivity index (χ3n) is 4.49. The largest absolute Gasteiger partial charge is 0.497 e. The van der Waals surface area contributed by atoms with E-state index < -0.39 is 5.91 Å². The predicted octanol–water partition coefficient (Wildman–Crippen LogP) is 5.37. The molecule has 1 N–H and O–H groups in total. The number of methoxy groups -OCH3 is 1. The molecule has 0 aliphatic heterocycles. The van der Waals surface area contributed by atoms with Crippen molar-refractivity contribution >= 4 is 34.4 Å². The maximum atomic E-state index is 13.2. The number of para-hydroxylation sites is 1. The number of halogens is 1. The lowest BCUT2D eigenvalue weighted by Gasteiger charge is -2.12. The highest BCUT2D eigenvalue weighted by Crippen LogP contribution is 2.31. The fourth-order valence-corrected chi connectivity index (χ4v) is 3.17. The Morgan fingerprint density at radius 1 is 1.00 bits per heavy atom. The minimum atomic E-state index is -0.413. The zero-order chi connectivity index (χ0) is 20.4. The van der Waals surface area contributed by atoms with Crippen molar-refractivity contribution < 1.29 is 13.9 Å². The summed E-state index contributed by atoms with van der Waals surface area (Å²) < 4.78 is 11.2. The molecule has 3 aromatic carbocycles. The van der Waals surface area contributed by atoms with Gasteiger partial charge in [-0.25, -0.2) is 0 Å². The number of fused-ring (bicyclic) bond motifs is 1. The van der Waals surface area contributed by atoms with Crippen molar-refractivity contribution in [2.75, 3.05) is 12.4 Å². The minimum absolute atomic E-state index is 0.0712. The van der Waals surface area contributed by atoms with Gasteiger partial charge in [0.15, 0.2) is 0 Å². The van der Waals surface area contributed by atoms with Crippen LogP contribution >= 0.6 is 11.6 Å². The van der Waals surface area contributed by atoms with Crippen LogP contribution in [0.4, 0.5) is 5.88 Å². The van der Waals surface area contributed by atoms with Gasteiger partial charge < -0.3 is 9.15 Å². The molecule has 0 spiro atoms. The molecule has 29 heavy (non-hydrogen) atoms. The van der Waals surface area contributed by atoms with Crippen LogP contribution in [-0.2, 0) is 0 Å². The Morgan fingerprint density at radius 2 is 1.76 bits per heavy atom. The van der Waals surface area contributed by atoms with Gasteiger partial charge in [-0.1, -0.05) is 35.9 Å². The number of hydrogen-bond acceptors (Lipinski definition) is 4. The molecular formula is C23H16ClNO4. The Kier molecular flexibility index (Phi) is 5.06. The molecule has 0 saturated heterocycles. The number of anilines is 1. The molecule has 0 radical (unpaired) electrons. The number of amides is 1. The van der Waals surface area contributed by atoms with Crippen LogP contribution < -0.4 is 15.5 Å². The topological polar surface area (TPSA) is 68.5 Å². The van der Waals surface area contributed by atoms with E-state index in [1.165, 1.54) is 0 Å². The van der Waals surface area contributed by atoms with Crippen LogP contribution in [0.2, 0.25) is 5.02 Å². The summed E-state index contributed by atoms with van der Waals surface area (Å²) in [6.45, 7) is 0. The van der Waals surface area contributed by atoms with Crippen molar-refractivity contribution in [1.29, 1.82) is 0 Å². The van der Waals surface area contributed by atoms with Gasteiger partial charge in [0.25, 0.3) is 5.91 Å². The highest BCUT2D eigenvalue weighted by Gasteiger charge is 2.19. The van der Waals surface area contributed by atoms with Gasteiger partial charge in [-0.3, -0.25) is 14.9 Å². The molecule has 0 unspecified atom stereocenters. The van der Waals surface area contributed by atoms with Gasteiger partial charge in [-0.15, -0.1) is 0 Å². The fourth-order valence-electron chi connectivity index (χ4n) is 3.05. The Hall–Kier alpha value is -3.57. The molecule has 4 rings (SSSR count). The second-order valence-electron chi connectivity index (χ2n) is 6.32. The first-order chi connectivity index (χ1) is 14.1. The molecule has 1 amide bonds. The van der Waals surface area contributed by atoms with Crippen LogP contribution in [0.3, 0.4) is 0 Å². The maximum Gasteiger partial charge on any atom is 0.257 e. The number of carbonyl (C=O) groups is 1. The first-order valence-corrected chi connectivity index (χ1v) is 9.22. The molecule has 6 heteroatoms. The first kappa shape index (κ1) is 18.8. The predicted molar refractivity (Wildman–Crippen MR) is 114 cm³/mol. The highest BCUT2D eigenvalue weighted by molar-refractivity contribution is 6.30. The second kappa shape index (κ2) is 7.81. The van der Waals surface area contributed by atoms with Crippen molar-refractivity contribution in [1.82, 2.24) is 0 Å². The number of nitrogens with one attached hydrogen (secondary N) is 1. The third-order valence-corrected chi connectivity index (χ3v) is 4.74. The molecule has 0 aliphatic rings. The fraction of sp³-hybridized carbons (Fsp3) is 0.0435. The van der Waals surface area contributed by atoms with Crippen LogP contribution in [0.1, 0.15) is 10.4 Å². The zero-order valence-electron chi connectivity index (χ0n) is 15.4. The van der Waals surface area contributed by atoms with Crippen LogP contribution in [0.25, 0.3) is 22.1 Å². The van der Waals surface area contributed by atoms with Crippen molar-refractivity contribution in [3.05, 3.63) is 93.6 Å². The number of hydrogen-bond donors (Lipinski definition) is 1. The molecule has 0 bridgehead atoms. The molecule has 0 aliphatic carbocycles. The summed E-state index contributed by atoms with van der Waals surface area (Å²) in [5.41, 5.74) is 1.36. The molecule has 0 fully saturated rings. The Balaban J connectivity index is 1.88. The summed E-state index contributed by atoms with van der Waals surface area (Å²) in [6, 6.07) is 20.4. The van der Waals surface area contributed by atoms with Crippen molar-refractivity contribution in [3.8, 4) is 16.9 Å². The summed E-state index contributed by atoms with van der Waals surface area (Å²) >= 11 is 5.89. The molecule has 144 valence electrons. The molecule has 1 heterocycles. The lowest BCUT2D eigenvalue weighted by atomic mass is 10.0. The molecule has 0 atom stereocenters. The Bertz CT molecular complexity index is 1260. The zero-order valence-corrected chi connectivity index (χ0v) is 16.2. The summed E-state index contributed by atoms with van der Waals surface area (Å²) in [5.74, 6) is 0.246. The van der Waals surface area contributed by atoms with Crippen LogP contribution in [-0.4, -0.2) is 13.0 Å². The summed E-state index contributed by atoms with van der Waals surface area (Å²) in [7, 11) is 1.55. The molecule has 4 aromatic rings. The quantitative estimate of drug-likeness (QED) is 0.495. The van der Waals surface area contributed by atoms with Gasteiger partial charge in [0.2, 0.25) is 11.3 Å². The van der Waals surface area contributed by atoms with E-state index in [0.717, 1.165) is 0 Å². The van der Waals surface area contributed by atoms with Gasteiger partial charge in [-0.05, 0) is 54.1 Å². The van der Waals surface area contributed by atoms with Crippen LogP contribution in [0.15, 0.2) is 82.0 Å². The number of rotatable bonds is 4. The summed E-state index contributed by atoms with van der Waals surface area (Å²) in [6.07, 6.45) is 0. The first-order valence-electron chi connectivity index (χ1n) is 8.84. The molecule has 5 nitrogen and oxygen atoms in total. The van der Waals surface area contributed by atoms with Crippen LogP contribution in [0.5, 0.6) is 5.75 Å². The number of benzene rings is 3. The lowest BCUT2D eigenvalue weighted by molar-refractivity contribution is 0.102. The second-order valence-corrected chi connectivity index (χ2v) is 6.76. The average Bonchev–Trinajstić information content (AvgIpc) is 2.74. The van der Waals surface area contributed by atoms with E-state index in [0.29, 0.717) is 32.9 Å². The van der Waals surface area contributed by atoms with E-state index in [9.17, 15) is 9.59 Å². The lowest BCUT2D eigenvalue weighted by Crippen LogP contribution is -2.16. The van der Waals surface area contributed by atoms with E-state index in [2.05, 4.69) is 5.32 Å². The van der Waals surface area contributed by atoms with Crippen molar-refractivity contribution in [2.24, 2.45) is 0 Å². The smallest absolute Gasteiger partial charge is 0.257 e. The molecular weight excluding hydrogens is 390 g/mol. The minimum Gasteiger partial charge on any atom is -0.497 e. The Morgan fingerprint density at radius 3 is 2.52 bits per heavy atom. The van der Waals surface area contributed by atoms with Crippen molar-refractivity contribution in [3.63, 3.8) is 0 Å². The highest BCUT2D eigenvalue weighted by atomic mass is 35.5. The normalized spacial score (nSPS) is 10.7. The van der Waals surface area contributed by atoms with E-state index in [1.54, 1.807) is 79.9 Å². The third kappa shape index (κ3) is 3.73. The average molecular weight is 406 g/mol. The van der Waals surface area contributed by atoms with Crippen molar-refractivity contribution in [2.45, 2.75) is 0 Å². The van der Waals surface area contributed by atoms with E-state index in [1.807, 2.05) is 0 Å². The monoisotopic (exact) mass is 405 g/mol. The number of carbonyl (C=O) groups excluding carboxylic acids is 1. The molecule has 1 aromatic heterocycles. The maximum absolute atomic E-state index is 13.2. The van der Waals surface area contributed by atoms with Crippen LogP contribution in [0, 0.1) is 0 Å². The summed E-state index contributed by atoms with van der Waals surface area (Å²) in [4.78, 5) is 26.0. The Labute approximate surface area is 171 Å². The summed E-state index contributed by atoms with van der Waals surface area (Å²) in [5, 5.41) is 3.68. The standard InChI is InChI=1S/C23H16ClNO4/c1-28-17-6-4-5-15(13-17)20-21(26)18-7-2-3-8-19(18)29-23(20)25-22(27)14-9-11-16(24)12-10-14/h2-13H,1H3,(H,25,27).